The van der Waals surface area contributed by atoms with Crippen LogP contribution >= 0.6 is 0 Å². The first-order valence-corrected chi connectivity index (χ1v) is 10.9. The van der Waals surface area contributed by atoms with Gasteiger partial charge in [-0.2, -0.15) is 0 Å². The zero-order valence-corrected chi connectivity index (χ0v) is 16.9. The van der Waals surface area contributed by atoms with Crippen LogP contribution in [0.15, 0.2) is 0 Å². The minimum atomic E-state index is 0.373. The molecule has 0 atom stereocenters. The fraction of sp³-hybridized carbons (Fsp3) is 1.00. The first-order valence-electron chi connectivity index (χ1n) is 10.9. The molecule has 1 N–H and O–H groups in total. The van der Waals surface area contributed by atoms with Gasteiger partial charge in [0, 0.05) is 6.61 Å². The molecule has 0 fully saturated rings. The lowest BCUT2D eigenvalue weighted by molar-refractivity contribution is 0.282. The Bertz CT molecular complexity index is 149. The van der Waals surface area contributed by atoms with Crippen LogP contribution in [0.3, 0.4) is 0 Å². The molecule has 0 aliphatic heterocycles. The summed E-state index contributed by atoms with van der Waals surface area (Å²) in [6.07, 6.45) is 24.8. The minimum Gasteiger partial charge on any atom is -0.396 e. The van der Waals surface area contributed by atoms with Crippen molar-refractivity contribution in [3.05, 3.63) is 0 Å². The van der Waals surface area contributed by atoms with E-state index in [2.05, 4.69) is 20.8 Å². The smallest absolute Gasteiger partial charge is 0.0431 e. The SMILES string of the molecule is CCCC.CCCCCCCCCCCCCCCCCCO. The molecular weight excluding hydrogens is 280 g/mol. The summed E-state index contributed by atoms with van der Waals surface area (Å²) in [6.45, 7) is 7.02. The monoisotopic (exact) mass is 328 g/mol. The van der Waals surface area contributed by atoms with Gasteiger partial charge in [-0.1, -0.05) is 130 Å². The molecule has 0 aromatic rings. The van der Waals surface area contributed by atoms with Crippen molar-refractivity contribution >= 4 is 0 Å². The predicted molar refractivity (Wildman–Crippen MR) is 107 cm³/mol. The molecule has 0 saturated heterocycles. The van der Waals surface area contributed by atoms with Gasteiger partial charge in [0.05, 0.1) is 0 Å². The molecule has 142 valence electrons. The second-order valence-electron chi connectivity index (χ2n) is 7.03. The first-order chi connectivity index (χ1) is 11.3. The number of hydrogen-bond donors (Lipinski definition) is 1. The molecule has 0 saturated carbocycles. The van der Waals surface area contributed by atoms with E-state index in [1.807, 2.05) is 0 Å². The molecule has 0 aliphatic rings. The summed E-state index contributed by atoms with van der Waals surface area (Å²) < 4.78 is 0. The Morgan fingerprint density at radius 1 is 0.348 bits per heavy atom. The molecule has 0 radical (unpaired) electrons. The number of aliphatic hydroxyl groups is 1. The van der Waals surface area contributed by atoms with E-state index in [-0.39, 0.29) is 0 Å². The second kappa shape index (κ2) is 26.8. The maximum Gasteiger partial charge on any atom is 0.0431 e. The summed E-state index contributed by atoms with van der Waals surface area (Å²) in [5, 5.41) is 8.67. The summed E-state index contributed by atoms with van der Waals surface area (Å²) in [7, 11) is 0. The number of unbranched alkanes of at least 4 members (excludes halogenated alkanes) is 16. The summed E-state index contributed by atoms with van der Waals surface area (Å²) in [5.41, 5.74) is 0. The van der Waals surface area contributed by atoms with Crippen LogP contribution in [0.25, 0.3) is 0 Å². The van der Waals surface area contributed by atoms with Crippen molar-refractivity contribution in [1.29, 1.82) is 0 Å². The molecule has 0 aromatic carbocycles. The van der Waals surface area contributed by atoms with Crippen molar-refractivity contribution in [2.75, 3.05) is 6.61 Å². The van der Waals surface area contributed by atoms with Crippen LogP contribution in [0.5, 0.6) is 0 Å². The summed E-state index contributed by atoms with van der Waals surface area (Å²) in [6, 6.07) is 0. The third-order valence-electron chi connectivity index (χ3n) is 4.51. The van der Waals surface area contributed by atoms with Gasteiger partial charge in [0.1, 0.15) is 0 Å². The van der Waals surface area contributed by atoms with Crippen LogP contribution in [-0.2, 0) is 0 Å². The maximum atomic E-state index is 8.67. The Balaban J connectivity index is 0. The summed E-state index contributed by atoms with van der Waals surface area (Å²) in [4.78, 5) is 0. The molecule has 0 heterocycles. The molecule has 1 nitrogen and oxygen atoms in total. The van der Waals surface area contributed by atoms with Crippen molar-refractivity contribution in [2.45, 2.75) is 136 Å². The van der Waals surface area contributed by atoms with E-state index in [0.29, 0.717) is 6.61 Å². The van der Waals surface area contributed by atoms with Crippen LogP contribution in [0.2, 0.25) is 0 Å². The molecule has 0 rings (SSSR count). The Morgan fingerprint density at radius 3 is 0.826 bits per heavy atom. The normalized spacial score (nSPS) is 10.4. The molecule has 0 amide bonds. The fourth-order valence-electron chi connectivity index (χ4n) is 2.66. The number of hydrogen-bond acceptors (Lipinski definition) is 1. The molecule has 1 heteroatoms. The van der Waals surface area contributed by atoms with E-state index in [1.165, 1.54) is 109 Å². The van der Waals surface area contributed by atoms with Gasteiger partial charge in [-0.3, -0.25) is 0 Å². The third-order valence-corrected chi connectivity index (χ3v) is 4.51. The van der Waals surface area contributed by atoms with Crippen molar-refractivity contribution in [3.63, 3.8) is 0 Å². The largest absolute Gasteiger partial charge is 0.396 e. The zero-order chi connectivity index (χ0) is 17.4. The quantitative estimate of drug-likeness (QED) is 0.268. The van der Waals surface area contributed by atoms with E-state index in [0.717, 1.165) is 6.42 Å². The van der Waals surface area contributed by atoms with Gasteiger partial charge >= 0.3 is 0 Å². The van der Waals surface area contributed by atoms with Crippen LogP contribution in [0.1, 0.15) is 136 Å². The highest BCUT2D eigenvalue weighted by atomic mass is 16.2. The fourth-order valence-corrected chi connectivity index (χ4v) is 2.66. The zero-order valence-electron chi connectivity index (χ0n) is 16.9. The standard InChI is InChI=1S/C18H38O.C4H10/c1-2-3-4-5-6-7-8-9-10-11-12-13-14-15-16-17-18-19;1-3-4-2/h19H,2-18H2,1H3;3-4H2,1-2H3. The highest BCUT2D eigenvalue weighted by Gasteiger charge is 1.94. The molecule has 0 unspecified atom stereocenters. The molecule has 23 heavy (non-hydrogen) atoms. The van der Waals surface area contributed by atoms with Gasteiger partial charge in [0.15, 0.2) is 0 Å². The van der Waals surface area contributed by atoms with Gasteiger partial charge in [0.2, 0.25) is 0 Å². The predicted octanol–water partition coefficient (Wildman–Crippen LogP) is 8.05. The summed E-state index contributed by atoms with van der Waals surface area (Å²) in [5.74, 6) is 0. The Hall–Kier alpha value is -0.0400. The van der Waals surface area contributed by atoms with Gasteiger partial charge in [-0.05, 0) is 6.42 Å². The molecule has 0 spiro atoms. The van der Waals surface area contributed by atoms with E-state index in [4.69, 9.17) is 5.11 Å². The topological polar surface area (TPSA) is 20.2 Å². The van der Waals surface area contributed by atoms with Crippen LogP contribution < -0.4 is 0 Å². The lowest BCUT2D eigenvalue weighted by atomic mass is 10.0. The molecule has 0 bridgehead atoms. The highest BCUT2D eigenvalue weighted by Crippen LogP contribution is 2.13. The Kier molecular flexibility index (Phi) is 29.4. The molecule has 0 aliphatic carbocycles. The van der Waals surface area contributed by atoms with Gasteiger partial charge < -0.3 is 5.11 Å². The highest BCUT2D eigenvalue weighted by molar-refractivity contribution is 4.49. The van der Waals surface area contributed by atoms with Gasteiger partial charge in [-0.15, -0.1) is 0 Å². The van der Waals surface area contributed by atoms with Crippen molar-refractivity contribution in [3.8, 4) is 0 Å². The van der Waals surface area contributed by atoms with Crippen LogP contribution in [0, 0.1) is 0 Å². The van der Waals surface area contributed by atoms with Gasteiger partial charge in [-0.25, -0.2) is 0 Å². The van der Waals surface area contributed by atoms with E-state index < -0.39 is 0 Å². The maximum absolute atomic E-state index is 8.67. The van der Waals surface area contributed by atoms with Crippen molar-refractivity contribution in [1.82, 2.24) is 0 Å². The van der Waals surface area contributed by atoms with Gasteiger partial charge in [0.25, 0.3) is 0 Å². The average Bonchev–Trinajstić information content (AvgIpc) is 2.58. The average molecular weight is 329 g/mol. The Morgan fingerprint density at radius 2 is 0.609 bits per heavy atom. The van der Waals surface area contributed by atoms with Crippen molar-refractivity contribution < 1.29 is 5.11 Å². The molecular formula is C22H48O. The lowest BCUT2D eigenvalue weighted by Gasteiger charge is -2.03. The lowest BCUT2D eigenvalue weighted by Crippen LogP contribution is -1.85. The number of aliphatic hydroxyl groups excluding tert-OH is 1. The second-order valence-corrected chi connectivity index (χ2v) is 7.03. The van der Waals surface area contributed by atoms with Crippen molar-refractivity contribution in [2.24, 2.45) is 0 Å². The van der Waals surface area contributed by atoms with E-state index >= 15 is 0 Å². The third kappa shape index (κ3) is 30.4. The summed E-state index contributed by atoms with van der Waals surface area (Å²) >= 11 is 0. The van der Waals surface area contributed by atoms with Crippen LogP contribution in [-0.4, -0.2) is 11.7 Å². The van der Waals surface area contributed by atoms with E-state index in [9.17, 15) is 0 Å². The first kappa shape index (κ1) is 25.2. The Labute approximate surface area is 148 Å². The molecule has 0 aromatic heterocycles. The van der Waals surface area contributed by atoms with E-state index in [1.54, 1.807) is 0 Å². The number of rotatable bonds is 17. The van der Waals surface area contributed by atoms with Crippen LogP contribution in [0.4, 0.5) is 0 Å². The minimum absolute atomic E-state index is 0.373.